The molecule has 2 heterocycles. The van der Waals surface area contributed by atoms with E-state index in [1.165, 1.54) is 5.56 Å². The van der Waals surface area contributed by atoms with E-state index in [2.05, 4.69) is 5.32 Å². The van der Waals surface area contributed by atoms with Crippen molar-refractivity contribution < 1.29 is 24.2 Å². The van der Waals surface area contributed by atoms with Crippen LogP contribution < -0.4 is 10.1 Å². The molecule has 1 saturated heterocycles. The smallest absolute Gasteiger partial charge is 0.309 e. The number of aliphatic carboxylic acids is 1. The molecule has 2 amide bonds. The summed E-state index contributed by atoms with van der Waals surface area (Å²) in [4.78, 5) is 38.9. The van der Waals surface area contributed by atoms with Gasteiger partial charge in [0.1, 0.15) is 11.4 Å². The largest absolute Gasteiger partial charge is 0.493 e. The molecule has 2 aromatic carbocycles. The van der Waals surface area contributed by atoms with Crippen molar-refractivity contribution in [3.05, 3.63) is 59.8 Å². The fraction of sp³-hybridized carbons (Fsp3) is 0.433. The van der Waals surface area contributed by atoms with Crippen LogP contribution in [0.5, 0.6) is 5.75 Å². The lowest BCUT2D eigenvalue weighted by Gasteiger charge is -2.34. The summed E-state index contributed by atoms with van der Waals surface area (Å²) in [7, 11) is 0. The summed E-state index contributed by atoms with van der Waals surface area (Å²) in [5.74, 6) is -0.148. The summed E-state index contributed by atoms with van der Waals surface area (Å²) in [6.07, 6.45) is 1.65. The number of nitrogens with one attached hydrogen (secondary N) is 1. The number of carbonyl (C=O) groups is 3. The molecule has 4 rings (SSSR count). The van der Waals surface area contributed by atoms with Crippen molar-refractivity contribution in [1.29, 1.82) is 0 Å². The van der Waals surface area contributed by atoms with Gasteiger partial charge in [-0.25, -0.2) is 0 Å². The monoisotopic (exact) mass is 519 g/mol. The molecule has 8 heteroatoms. The number of rotatable bonds is 9. The summed E-state index contributed by atoms with van der Waals surface area (Å²) in [5, 5.41) is 13.3. The van der Waals surface area contributed by atoms with Gasteiger partial charge in [-0.2, -0.15) is 0 Å². The van der Waals surface area contributed by atoms with Crippen LogP contribution in [0.3, 0.4) is 0 Å². The number of likely N-dealkylation sites (tertiary alicyclic amines) is 1. The summed E-state index contributed by atoms with van der Waals surface area (Å²) < 4.78 is 7.76. The van der Waals surface area contributed by atoms with Crippen LogP contribution in [0.2, 0.25) is 0 Å². The number of nitrogens with zero attached hydrogens (tertiary/aromatic N) is 2. The third kappa shape index (κ3) is 5.69. The standard InChI is InChI=1S/C30H37N3O5/c1-5-33-24-8-7-9-26(38-6-2)23(24)18-25(33)28(35)31-22-12-10-20(11-13-22)21-14-16-32(17-15-21)27(34)19-30(3,4)29(36)37/h7-13,18,21H,5-6,14-17,19H2,1-4H3,(H,31,35)(H,36,37). The number of piperidine rings is 1. The molecule has 3 aromatic rings. The van der Waals surface area contributed by atoms with Crippen molar-refractivity contribution in [3.8, 4) is 5.75 Å². The molecule has 202 valence electrons. The van der Waals surface area contributed by atoms with Crippen LogP contribution in [0.1, 0.15) is 68.9 Å². The van der Waals surface area contributed by atoms with Crippen LogP contribution in [0, 0.1) is 5.41 Å². The highest BCUT2D eigenvalue weighted by atomic mass is 16.5. The van der Waals surface area contributed by atoms with Crippen molar-refractivity contribution in [2.45, 2.75) is 59.4 Å². The SMILES string of the molecule is CCOc1cccc2c1cc(C(=O)Nc1ccc(C3CCN(C(=O)CC(C)(C)C(=O)O)CC3)cc1)n2CC. The Kier molecular flexibility index (Phi) is 8.09. The van der Waals surface area contributed by atoms with Crippen LogP contribution in [0.15, 0.2) is 48.5 Å². The van der Waals surface area contributed by atoms with Crippen molar-refractivity contribution in [2.75, 3.05) is 25.0 Å². The van der Waals surface area contributed by atoms with Gasteiger partial charge in [0.05, 0.1) is 17.5 Å². The van der Waals surface area contributed by atoms with Gasteiger partial charge in [0.15, 0.2) is 0 Å². The number of carboxylic acids is 1. The first-order valence-corrected chi connectivity index (χ1v) is 13.3. The summed E-state index contributed by atoms with van der Waals surface area (Å²) >= 11 is 0. The molecule has 2 N–H and O–H groups in total. The zero-order chi connectivity index (χ0) is 27.4. The number of fused-ring (bicyclic) bond motifs is 1. The first-order chi connectivity index (χ1) is 18.1. The first-order valence-electron chi connectivity index (χ1n) is 13.3. The van der Waals surface area contributed by atoms with Gasteiger partial charge >= 0.3 is 5.97 Å². The molecule has 1 aromatic heterocycles. The van der Waals surface area contributed by atoms with Gasteiger partial charge in [0.2, 0.25) is 5.91 Å². The molecule has 0 bridgehead atoms. The fourth-order valence-corrected chi connectivity index (χ4v) is 5.13. The number of benzene rings is 2. The maximum Gasteiger partial charge on any atom is 0.309 e. The molecule has 0 spiro atoms. The minimum absolute atomic E-state index is 0.00527. The summed E-state index contributed by atoms with van der Waals surface area (Å²) in [6.45, 7) is 9.58. The highest BCUT2D eigenvalue weighted by Gasteiger charge is 2.33. The Morgan fingerprint density at radius 2 is 1.74 bits per heavy atom. The molecule has 0 unspecified atom stereocenters. The molecular weight excluding hydrogens is 482 g/mol. The van der Waals surface area contributed by atoms with E-state index in [1.807, 2.05) is 66.9 Å². The van der Waals surface area contributed by atoms with Crippen molar-refractivity contribution in [1.82, 2.24) is 9.47 Å². The van der Waals surface area contributed by atoms with E-state index in [-0.39, 0.29) is 18.2 Å². The molecule has 0 radical (unpaired) electrons. The Balaban J connectivity index is 1.39. The van der Waals surface area contributed by atoms with Crippen LogP contribution in [-0.2, 0) is 16.1 Å². The molecule has 0 aliphatic carbocycles. The number of hydrogen-bond donors (Lipinski definition) is 2. The van der Waals surface area contributed by atoms with E-state index in [4.69, 9.17) is 4.74 Å². The fourth-order valence-electron chi connectivity index (χ4n) is 5.13. The molecule has 0 saturated carbocycles. The highest BCUT2D eigenvalue weighted by molar-refractivity contribution is 6.07. The van der Waals surface area contributed by atoms with E-state index in [0.29, 0.717) is 37.9 Å². The second-order valence-corrected chi connectivity index (χ2v) is 10.5. The molecule has 1 aliphatic heterocycles. The quantitative estimate of drug-likeness (QED) is 0.388. The van der Waals surface area contributed by atoms with Gasteiger partial charge in [-0.05, 0) is 82.3 Å². The van der Waals surface area contributed by atoms with E-state index < -0.39 is 11.4 Å². The zero-order valence-electron chi connectivity index (χ0n) is 22.6. The van der Waals surface area contributed by atoms with Gasteiger partial charge in [-0.1, -0.05) is 18.2 Å². The van der Waals surface area contributed by atoms with E-state index in [0.717, 1.165) is 35.2 Å². The number of carbonyl (C=O) groups excluding carboxylic acids is 2. The van der Waals surface area contributed by atoms with Gasteiger partial charge in [-0.3, -0.25) is 14.4 Å². The van der Waals surface area contributed by atoms with Gasteiger partial charge in [0, 0.05) is 37.1 Å². The lowest BCUT2D eigenvalue weighted by atomic mass is 9.86. The number of carboxylic acid groups (broad SMARTS) is 1. The second kappa shape index (κ2) is 11.3. The van der Waals surface area contributed by atoms with Crippen molar-refractivity contribution >= 4 is 34.4 Å². The predicted octanol–water partition coefficient (Wildman–Crippen LogP) is 5.52. The molecular formula is C30H37N3O5. The number of aromatic nitrogens is 1. The third-order valence-electron chi connectivity index (χ3n) is 7.41. The van der Waals surface area contributed by atoms with Gasteiger partial charge < -0.3 is 24.6 Å². The molecule has 8 nitrogen and oxygen atoms in total. The minimum Gasteiger partial charge on any atom is -0.493 e. The lowest BCUT2D eigenvalue weighted by Crippen LogP contribution is -2.41. The van der Waals surface area contributed by atoms with E-state index >= 15 is 0 Å². The normalized spacial score (nSPS) is 14.5. The average molecular weight is 520 g/mol. The maximum atomic E-state index is 13.2. The van der Waals surface area contributed by atoms with Crippen LogP contribution in [-0.4, -0.2) is 52.1 Å². The van der Waals surface area contributed by atoms with Gasteiger partial charge in [0.25, 0.3) is 5.91 Å². The topological polar surface area (TPSA) is 101 Å². The highest BCUT2D eigenvalue weighted by Crippen LogP contribution is 2.32. The third-order valence-corrected chi connectivity index (χ3v) is 7.41. The summed E-state index contributed by atoms with van der Waals surface area (Å²) in [5.41, 5.74) is 2.38. The Morgan fingerprint density at radius 1 is 1.05 bits per heavy atom. The van der Waals surface area contributed by atoms with Gasteiger partial charge in [-0.15, -0.1) is 0 Å². The average Bonchev–Trinajstić information content (AvgIpc) is 3.29. The molecule has 1 fully saturated rings. The maximum absolute atomic E-state index is 13.2. The number of anilines is 1. The van der Waals surface area contributed by atoms with Crippen LogP contribution in [0.25, 0.3) is 10.9 Å². The second-order valence-electron chi connectivity index (χ2n) is 10.5. The first kappa shape index (κ1) is 27.2. The number of hydrogen-bond acceptors (Lipinski definition) is 4. The number of aryl methyl sites for hydroxylation is 1. The number of amides is 2. The number of ether oxygens (including phenoxy) is 1. The molecule has 1 aliphatic rings. The van der Waals surface area contributed by atoms with Crippen LogP contribution >= 0.6 is 0 Å². The molecule has 0 atom stereocenters. The minimum atomic E-state index is -1.06. The Labute approximate surface area is 223 Å². The Morgan fingerprint density at radius 3 is 2.34 bits per heavy atom. The van der Waals surface area contributed by atoms with Crippen molar-refractivity contribution in [2.24, 2.45) is 5.41 Å². The van der Waals surface area contributed by atoms with Crippen LogP contribution in [0.4, 0.5) is 5.69 Å². The van der Waals surface area contributed by atoms with E-state index in [9.17, 15) is 19.5 Å². The molecule has 38 heavy (non-hydrogen) atoms. The Bertz CT molecular complexity index is 1320. The zero-order valence-corrected chi connectivity index (χ0v) is 22.6. The van der Waals surface area contributed by atoms with E-state index in [1.54, 1.807) is 18.7 Å². The lowest BCUT2D eigenvalue weighted by molar-refractivity contribution is -0.151. The Hall–Kier alpha value is -3.81. The summed E-state index contributed by atoms with van der Waals surface area (Å²) in [6, 6.07) is 15.7. The van der Waals surface area contributed by atoms with Crippen molar-refractivity contribution in [3.63, 3.8) is 0 Å². The predicted molar refractivity (Wildman–Crippen MR) is 148 cm³/mol.